The lowest BCUT2D eigenvalue weighted by Crippen LogP contribution is -2.53. The van der Waals surface area contributed by atoms with Gasteiger partial charge in [-0.2, -0.15) is 0 Å². The molecule has 0 aromatic heterocycles. The van der Waals surface area contributed by atoms with Gasteiger partial charge in [0.15, 0.2) is 0 Å². The Hall–Kier alpha value is -0.650. The first-order valence-electron chi connectivity index (χ1n) is 7.34. The Balaban J connectivity index is 1.87. The van der Waals surface area contributed by atoms with Crippen molar-refractivity contribution < 1.29 is 9.53 Å². The van der Waals surface area contributed by atoms with Gasteiger partial charge in [-0.15, -0.1) is 0 Å². The van der Waals surface area contributed by atoms with E-state index in [0.29, 0.717) is 6.04 Å². The van der Waals surface area contributed by atoms with Crippen LogP contribution in [0, 0.1) is 5.92 Å². The minimum atomic E-state index is -0.491. The molecule has 2 aliphatic rings. The molecule has 2 fully saturated rings. The molecular weight excluding hydrogens is 242 g/mol. The van der Waals surface area contributed by atoms with Gasteiger partial charge >= 0.3 is 0 Å². The number of likely N-dealkylation sites (N-methyl/N-ethyl adjacent to an activating group) is 1. The minimum absolute atomic E-state index is 0.211. The molecule has 1 saturated carbocycles. The first-order valence-corrected chi connectivity index (χ1v) is 7.34. The van der Waals surface area contributed by atoms with Crippen LogP contribution in [0.15, 0.2) is 0 Å². The Labute approximate surface area is 115 Å². The molecule has 1 amide bonds. The molecule has 1 aliphatic heterocycles. The molecule has 2 atom stereocenters. The van der Waals surface area contributed by atoms with Crippen LogP contribution in [-0.2, 0) is 9.53 Å². The lowest BCUT2D eigenvalue weighted by molar-refractivity contribution is -0.124. The van der Waals surface area contributed by atoms with Gasteiger partial charge in [-0.3, -0.25) is 4.79 Å². The fourth-order valence-electron chi connectivity index (χ4n) is 3.45. The van der Waals surface area contributed by atoms with Crippen LogP contribution < -0.4 is 11.1 Å². The van der Waals surface area contributed by atoms with Gasteiger partial charge in [0.25, 0.3) is 0 Å². The smallest absolute Gasteiger partial charge is 0.237 e. The van der Waals surface area contributed by atoms with Crippen LogP contribution in [0.25, 0.3) is 0 Å². The van der Waals surface area contributed by atoms with Crippen LogP contribution in [-0.4, -0.2) is 56.2 Å². The summed E-state index contributed by atoms with van der Waals surface area (Å²) in [4.78, 5) is 14.1. The van der Waals surface area contributed by atoms with Gasteiger partial charge in [0.05, 0.1) is 5.54 Å². The highest BCUT2D eigenvalue weighted by molar-refractivity contribution is 5.85. The van der Waals surface area contributed by atoms with E-state index in [1.807, 2.05) is 7.05 Å². The third kappa shape index (κ3) is 3.27. The molecule has 19 heavy (non-hydrogen) atoms. The van der Waals surface area contributed by atoms with Gasteiger partial charge in [0.1, 0.15) is 0 Å². The number of carbonyl (C=O) groups excluding carboxylic acids is 1. The summed E-state index contributed by atoms with van der Waals surface area (Å²) in [6.07, 6.45) is 5.04. The number of nitrogens with zero attached hydrogens (tertiary/aromatic N) is 1. The predicted molar refractivity (Wildman–Crippen MR) is 74.8 cm³/mol. The van der Waals surface area contributed by atoms with E-state index in [4.69, 9.17) is 10.5 Å². The van der Waals surface area contributed by atoms with Crippen LogP contribution in [0.1, 0.15) is 32.1 Å². The fourth-order valence-corrected chi connectivity index (χ4v) is 3.45. The zero-order valence-corrected chi connectivity index (χ0v) is 12.2. The van der Waals surface area contributed by atoms with E-state index in [2.05, 4.69) is 17.3 Å². The molecule has 0 spiro atoms. The lowest BCUT2D eigenvalue weighted by Gasteiger charge is -2.32. The number of carbonyl (C=O) groups is 1. The molecule has 2 rings (SSSR count). The summed E-state index contributed by atoms with van der Waals surface area (Å²) in [5.74, 6) is 0.522. The Morgan fingerprint density at radius 2 is 2.11 bits per heavy atom. The second-order valence-electron chi connectivity index (χ2n) is 6.09. The molecule has 1 heterocycles. The molecule has 110 valence electrons. The number of nitrogens with two attached hydrogens (primary N) is 1. The summed E-state index contributed by atoms with van der Waals surface area (Å²) in [5.41, 5.74) is 5.06. The fraction of sp³-hybridized carbons (Fsp3) is 0.929. The third-order valence-corrected chi connectivity index (χ3v) is 4.95. The number of primary amides is 1. The summed E-state index contributed by atoms with van der Waals surface area (Å²) < 4.78 is 5.40. The van der Waals surface area contributed by atoms with Crippen molar-refractivity contribution >= 4 is 5.91 Å². The summed E-state index contributed by atoms with van der Waals surface area (Å²) in [6, 6.07) is 0.461. The van der Waals surface area contributed by atoms with Gasteiger partial charge in [0.2, 0.25) is 5.91 Å². The van der Waals surface area contributed by atoms with Gasteiger partial charge in [-0.1, -0.05) is 0 Å². The number of hydrogen-bond acceptors (Lipinski definition) is 4. The molecule has 3 N–H and O–H groups in total. The number of hydrogen-bond donors (Lipinski definition) is 2. The molecule has 1 saturated heterocycles. The summed E-state index contributed by atoms with van der Waals surface area (Å²) in [5, 5.41) is 3.14. The second-order valence-corrected chi connectivity index (χ2v) is 6.09. The van der Waals surface area contributed by atoms with Crippen molar-refractivity contribution in [3.8, 4) is 0 Å². The second kappa shape index (κ2) is 6.20. The first kappa shape index (κ1) is 14.8. The van der Waals surface area contributed by atoms with E-state index in [1.54, 1.807) is 0 Å². The molecule has 0 aromatic rings. The van der Waals surface area contributed by atoms with Gasteiger partial charge < -0.3 is 20.7 Å². The van der Waals surface area contributed by atoms with Crippen molar-refractivity contribution in [1.82, 2.24) is 10.2 Å². The van der Waals surface area contributed by atoms with Crippen molar-refractivity contribution in [3.05, 3.63) is 0 Å². The Bertz CT molecular complexity index is 318. The van der Waals surface area contributed by atoms with Crippen LogP contribution in [0.5, 0.6) is 0 Å². The SMILES string of the molecule is CNC1(C(N)=O)CCC(N(C)CC2CCOCC2)C1. The van der Waals surface area contributed by atoms with E-state index in [1.165, 1.54) is 0 Å². The van der Waals surface area contributed by atoms with Crippen molar-refractivity contribution in [3.63, 3.8) is 0 Å². The topological polar surface area (TPSA) is 67.6 Å². The number of nitrogens with one attached hydrogen (secondary N) is 1. The van der Waals surface area contributed by atoms with Crippen LogP contribution in [0.3, 0.4) is 0 Å². The molecule has 1 aliphatic carbocycles. The summed E-state index contributed by atoms with van der Waals surface area (Å²) in [7, 11) is 4.01. The highest BCUT2D eigenvalue weighted by atomic mass is 16.5. The highest BCUT2D eigenvalue weighted by Gasteiger charge is 2.44. The Morgan fingerprint density at radius 1 is 1.42 bits per heavy atom. The van der Waals surface area contributed by atoms with Gasteiger partial charge in [-0.05, 0) is 52.1 Å². The largest absolute Gasteiger partial charge is 0.381 e. The van der Waals surface area contributed by atoms with Crippen LogP contribution in [0.2, 0.25) is 0 Å². The molecular formula is C14H27N3O2. The highest BCUT2D eigenvalue weighted by Crippen LogP contribution is 2.33. The summed E-state index contributed by atoms with van der Waals surface area (Å²) in [6.45, 7) is 2.89. The average Bonchev–Trinajstić information content (AvgIpc) is 2.86. The monoisotopic (exact) mass is 269 g/mol. The lowest BCUT2D eigenvalue weighted by atomic mass is 9.96. The first-order chi connectivity index (χ1) is 9.07. The van der Waals surface area contributed by atoms with Crippen molar-refractivity contribution in [2.24, 2.45) is 11.7 Å². The van der Waals surface area contributed by atoms with E-state index >= 15 is 0 Å². The zero-order chi connectivity index (χ0) is 13.9. The van der Waals surface area contributed by atoms with Gasteiger partial charge in [-0.25, -0.2) is 0 Å². The van der Waals surface area contributed by atoms with Crippen LogP contribution >= 0.6 is 0 Å². The maximum atomic E-state index is 11.6. The van der Waals surface area contributed by atoms with E-state index in [9.17, 15) is 4.79 Å². The van der Waals surface area contributed by atoms with E-state index in [-0.39, 0.29) is 5.91 Å². The molecule has 5 heteroatoms. The quantitative estimate of drug-likeness (QED) is 0.755. The van der Waals surface area contributed by atoms with Crippen LogP contribution in [0.4, 0.5) is 0 Å². The maximum absolute atomic E-state index is 11.6. The van der Waals surface area contributed by atoms with Crippen molar-refractivity contribution in [1.29, 1.82) is 0 Å². The van der Waals surface area contributed by atoms with Gasteiger partial charge in [0, 0.05) is 25.8 Å². The maximum Gasteiger partial charge on any atom is 0.237 e. The standard InChI is InChI=1S/C14H27N3O2/c1-16-14(13(15)18)6-3-12(9-14)17(2)10-11-4-7-19-8-5-11/h11-12,16H,3-10H2,1-2H3,(H2,15,18). The van der Waals surface area contributed by atoms with Crippen molar-refractivity contribution in [2.45, 2.75) is 43.7 Å². The zero-order valence-electron chi connectivity index (χ0n) is 12.2. The number of amides is 1. The predicted octanol–water partition coefficient (Wildman–Crippen LogP) is 0.341. The molecule has 2 unspecified atom stereocenters. The van der Waals surface area contributed by atoms with E-state index in [0.717, 1.165) is 57.8 Å². The summed E-state index contributed by atoms with van der Waals surface area (Å²) >= 11 is 0. The normalized spacial score (nSPS) is 32.9. The molecule has 5 nitrogen and oxygen atoms in total. The molecule has 0 bridgehead atoms. The third-order valence-electron chi connectivity index (χ3n) is 4.95. The Kier molecular flexibility index (Phi) is 4.81. The molecule has 0 aromatic carbocycles. The Morgan fingerprint density at radius 3 is 2.63 bits per heavy atom. The average molecular weight is 269 g/mol. The van der Waals surface area contributed by atoms with E-state index < -0.39 is 5.54 Å². The number of rotatable bonds is 5. The van der Waals surface area contributed by atoms with Crippen molar-refractivity contribution in [2.75, 3.05) is 33.9 Å². The molecule has 0 radical (unpaired) electrons. The minimum Gasteiger partial charge on any atom is -0.381 e. The number of ether oxygens (including phenoxy) is 1.